The molecule has 0 amide bonds. The summed E-state index contributed by atoms with van der Waals surface area (Å²) in [5.41, 5.74) is 0.847. The summed E-state index contributed by atoms with van der Waals surface area (Å²) in [6.07, 6.45) is 9.15. The van der Waals surface area contributed by atoms with Crippen molar-refractivity contribution in [1.82, 2.24) is 5.32 Å². The second-order valence-corrected chi connectivity index (χ2v) is 4.79. The smallest absolute Gasteiger partial charge is 0.00202 e. The van der Waals surface area contributed by atoms with E-state index in [1.165, 1.54) is 45.1 Å². The van der Waals surface area contributed by atoms with Crippen molar-refractivity contribution < 1.29 is 0 Å². The van der Waals surface area contributed by atoms with Crippen LogP contribution in [0.1, 0.15) is 45.4 Å². The van der Waals surface area contributed by atoms with Gasteiger partial charge in [-0.1, -0.05) is 19.8 Å². The van der Waals surface area contributed by atoms with Crippen LogP contribution in [0.3, 0.4) is 0 Å². The summed E-state index contributed by atoms with van der Waals surface area (Å²) in [6, 6.07) is 0. The van der Waals surface area contributed by atoms with E-state index in [0.29, 0.717) is 0 Å². The fraction of sp³-hybridized carbons (Fsp3) is 1.00. The van der Waals surface area contributed by atoms with Gasteiger partial charge in [-0.3, -0.25) is 0 Å². The van der Waals surface area contributed by atoms with Gasteiger partial charge in [0, 0.05) is 0 Å². The lowest BCUT2D eigenvalue weighted by molar-refractivity contribution is 0.0624. The zero-order valence-corrected chi connectivity index (χ0v) is 8.23. The van der Waals surface area contributed by atoms with Gasteiger partial charge in [0.2, 0.25) is 0 Å². The largest absolute Gasteiger partial charge is 0.317 e. The lowest BCUT2D eigenvalue weighted by atomic mass is 9.61. The van der Waals surface area contributed by atoms with Crippen molar-refractivity contribution in [3.05, 3.63) is 0 Å². The van der Waals surface area contributed by atoms with E-state index in [1.54, 1.807) is 0 Å². The topological polar surface area (TPSA) is 12.0 Å². The Morgan fingerprint density at radius 3 is 2.50 bits per heavy atom. The van der Waals surface area contributed by atoms with E-state index in [2.05, 4.69) is 12.2 Å². The fourth-order valence-corrected chi connectivity index (χ4v) is 3.19. The van der Waals surface area contributed by atoms with Crippen molar-refractivity contribution in [3.8, 4) is 0 Å². The summed E-state index contributed by atoms with van der Waals surface area (Å²) in [4.78, 5) is 0. The van der Waals surface area contributed by atoms with Crippen molar-refractivity contribution in [3.63, 3.8) is 0 Å². The Labute approximate surface area is 75.9 Å². The van der Waals surface area contributed by atoms with Gasteiger partial charge in [-0.2, -0.15) is 0 Å². The van der Waals surface area contributed by atoms with Gasteiger partial charge < -0.3 is 5.32 Å². The molecule has 0 radical (unpaired) electrons. The third kappa shape index (κ3) is 1.52. The van der Waals surface area contributed by atoms with E-state index < -0.39 is 0 Å². The summed E-state index contributed by atoms with van der Waals surface area (Å²) in [5, 5.41) is 3.46. The van der Waals surface area contributed by atoms with E-state index in [4.69, 9.17) is 0 Å². The Bertz CT molecular complexity index is 139. The molecule has 2 fully saturated rings. The van der Waals surface area contributed by atoms with Gasteiger partial charge in [0.05, 0.1) is 0 Å². The van der Waals surface area contributed by atoms with E-state index in [9.17, 15) is 0 Å². The second kappa shape index (κ2) is 3.37. The van der Waals surface area contributed by atoms with Crippen molar-refractivity contribution in [2.45, 2.75) is 45.4 Å². The highest BCUT2D eigenvalue weighted by Crippen LogP contribution is 2.55. The lowest BCUT2D eigenvalue weighted by Crippen LogP contribution is -2.40. The molecule has 0 bridgehead atoms. The maximum atomic E-state index is 3.46. The summed E-state index contributed by atoms with van der Waals surface area (Å²) in [7, 11) is 0. The predicted octanol–water partition coefficient (Wildman–Crippen LogP) is 2.57. The number of hydrogen-bond acceptors (Lipinski definition) is 1. The SMILES string of the molecule is CCNCC1CC2(CCCC2)C1. The van der Waals surface area contributed by atoms with Crippen LogP contribution in [0, 0.1) is 11.3 Å². The Kier molecular flexibility index (Phi) is 2.40. The molecule has 2 saturated carbocycles. The van der Waals surface area contributed by atoms with E-state index in [1.807, 2.05) is 0 Å². The molecule has 0 heterocycles. The molecular formula is C11H21N. The minimum absolute atomic E-state index is 0.847. The normalized spacial score (nSPS) is 27.8. The van der Waals surface area contributed by atoms with Crippen molar-refractivity contribution >= 4 is 0 Å². The van der Waals surface area contributed by atoms with Crippen LogP contribution >= 0.6 is 0 Å². The first-order chi connectivity index (χ1) is 5.85. The molecule has 1 spiro atoms. The molecule has 2 aliphatic carbocycles. The van der Waals surface area contributed by atoms with Gasteiger partial charge in [-0.25, -0.2) is 0 Å². The van der Waals surface area contributed by atoms with Crippen molar-refractivity contribution in [1.29, 1.82) is 0 Å². The first-order valence-corrected chi connectivity index (χ1v) is 5.55. The van der Waals surface area contributed by atoms with E-state index in [-0.39, 0.29) is 0 Å². The molecule has 0 aromatic heterocycles. The zero-order chi connectivity index (χ0) is 8.44. The molecule has 12 heavy (non-hydrogen) atoms. The minimum Gasteiger partial charge on any atom is -0.317 e. The molecule has 0 saturated heterocycles. The first kappa shape index (κ1) is 8.55. The predicted molar refractivity (Wildman–Crippen MR) is 52.2 cm³/mol. The van der Waals surface area contributed by atoms with Crippen LogP contribution in [0.25, 0.3) is 0 Å². The van der Waals surface area contributed by atoms with Crippen LogP contribution in [0.4, 0.5) is 0 Å². The third-order valence-electron chi connectivity index (χ3n) is 3.79. The summed E-state index contributed by atoms with van der Waals surface area (Å²) in [6.45, 7) is 4.62. The molecular weight excluding hydrogens is 146 g/mol. The molecule has 0 aromatic carbocycles. The second-order valence-electron chi connectivity index (χ2n) is 4.79. The van der Waals surface area contributed by atoms with E-state index >= 15 is 0 Å². The highest BCUT2D eigenvalue weighted by Gasteiger charge is 2.44. The summed E-state index contributed by atoms with van der Waals surface area (Å²) < 4.78 is 0. The Hall–Kier alpha value is -0.0400. The molecule has 70 valence electrons. The molecule has 1 N–H and O–H groups in total. The summed E-state index contributed by atoms with van der Waals surface area (Å²) in [5.74, 6) is 1.02. The Morgan fingerprint density at radius 1 is 1.25 bits per heavy atom. The van der Waals surface area contributed by atoms with Crippen LogP contribution < -0.4 is 5.32 Å². The monoisotopic (exact) mass is 167 g/mol. The average molecular weight is 167 g/mol. The quantitative estimate of drug-likeness (QED) is 0.681. The van der Waals surface area contributed by atoms with Gasteiger partial charge in [-0.05, 0) is 50.1 Å². The first-order valence-electron chi connectivity index (χ1n) is 5.55. The lowest BCUT2D eigenvalue weighted by Gasteiger charge is -2.45. The molecule has 1 nitrogen and oxygen atoms in total. The van der Waals surface area contributed by atoms with Crippen LogP contribution in [0.2, 0.25) is 0 Å². The van der Waals surface area contributed by atoms with Crippen molar-refractivity contribution in [2.75, 3.05) is 13.1 Å². The molecule has 0 atom stereocenters. The van der Waals surface area contributed by atoms with E-state index in [0.717, 1.165) is 17.9 Å². The number of hydrogen-bond donors (Lipinski definition) is 1. The maximum absolute atomic E-state index is 3.46. The maximum Gasteiger partial charge on any atom is -0.00202 e. The molecule has 2 rings (SSSR count). The number of rotatable bonds is 3. The zero-order valence-electron chi connectivity index (χ0n) is 8.23. The highest BCUT2D eigenvalue weighted by molar-refractivity contribution is 4.96. The van der Waals surface area contributed by atoms with Gasteiger partial charge in [0.15, 0.2) is 0 Å². The van der Waals surface area contributed by atoms with Crippen LogP contribution in [-0.2, 0) is 0 Å². The molecule has 1 heteroatoms. The molecule has 0 unspecified atom stereocenters. The minimum atomic E-state index is 0.847. The van der Waals surface area contributed by atoms with Gasteiger partial charge >= 0.3 is 0 Å². The molecule has 0 aliphatic heterocycles. The van der Waals surface area contributed by atoms with Crippen LogP contribution in [-0.4, -0.2) is 13.1 Å². The Balaban J connectivity index is 1.68. The highest BCUT2D eigenvalue weighted by atomic mass is 14.9. The van der Waals surface area contributed by atoms with Gasteiger partial charge in [0.1, 0.15) is 0 Å². The summed E-state index contributed by atoms with van der Waals surface area (Å²) >= 11 is 0. The molecule has 2 aliphatic rings. The fourth-order valence-electron chi connectivity index (χ4n) is 3.19. The molecule has 0 aromatic rings. The van der Waals surface area contributed by atoms with Crippen LogP contribution in [0.15, 0.2) is 0 Å². The van der Waals surface area contributed by atoms with Gasteiger partial charge in [0.25, 0.3) is 0 Å². The third-order valence-corrected chi connectivity index (χ3v) is 3.79. The van der Waals surface area contributed by atoms with Gasteiger partial charge in [-0.15, -0.1) is 0 Å². The Morgan fingerprint density at radius 2 is 1.92 bits per heavy atom. The average Bonchev–Trinajstić information content (AvgIpc) is 2.46. The van der Waals surface area contributed by atoms with Crippen LogP contribution in [0.5, 0.6) is 0 Å². The number of nitrogens with one attached hydrogen (secondary N) is 1. The van der Waals surface area contributed by atoms with Crippen molar-refractivity contribution in [2.24, 2.45) is 11.3 Å². The standard InChI is InChI=1S/C11H21N/c1-2-12-9-10-7-11(8-10)5-3-4-6-11/h10,12H,2-9H2,1H3.